The number of hydrogen-bond donors (Lipinski definition) is 0. The van der Waals surface area contributed by atoms with Gasteiger partial charge < -0.3 is 0 Å². The Labute approximate surface area is 75.1 Å². The van der Waals surface area contributed by atoms with Crippen molar-refractivity contribution in [2.45, 2.75) is 19.8 Å². The second-order valence-corrected chi connectivity index (χ2v) is 4.48. The fourth-order valence-electron chi connectivity index (χ4n) is 1.20. The van der Waals surface area contributed by atoms with Gasteiger partial charge in [-0.2, -0.15) is 11.1 Å². The maximum atomic E-state index is 5.91. The van der Waals surface area contributed by atoms with E-state index in [1.807, 2.05) is 0 Å². The summed E-state index contributed by atoms with van der Waals surface area (Å²) in [5, 5.41) is 1.41. The maximum Gasteiger partial charge on any atom is 0.156 e. The molecule has 0 N–H and O–H groups in total. The van der Waals surface area contributed by atoms with Gasteiger partial charge in [0.1, 0.15) is 0 Å². The average Bonchev–Trinajstić information content (AvgIpc) is 2.06. The Morgan fingerprint density at radius 3 is 2.73 bits per heavy atom. The first-order chi connectivity index (χ1) is 5.38. The first kappa shape index (κ1) is 8.82. The lowest BCUT2D eigenvalue weighted by Crippen LogP contribution is -2.14. The van der Waals surface area contributed by atoms with Crippen LogP contribution in [-0.2, 0) is 6.42 Å². The van der Waals surface area contributed by atoms with Gasteiger partial charge in [-0.25, -0.2) is 0 Å². The highest BCUT2D eigenvalue weighted by molar-refractivity contribution is 7.01. The lowest BCUT2D eigenvalue weighted by atomic mass is 10.1. The van der Waals surface area contributed by atoms with E-state index in [1.54, 1.807) is 0 Å². The Balaban J connectivity index is 2.83. The SMILES string of the molecule is CCCc1ccccc1[SiH2]Cl. The van der Waals surface area contributed by atoms with E-state index in [0.29, 0.717) is 0 Å². The molecule has 0 aliphatic heterocycles. The van der Waals surface area contributed by atoms with Gasteiger partial charge in [-0.15, -0.1) is 0 Å². The first-order valence-electron chi connectivity index (χ1n) is 4.01. The quantitative estimate of drug-likeness (QED) is 0.495. The summed E-state index contributed by atoms with van der Waals surface area (Å²) >= 11 is 5.91. The highest BCUT2D eigenvalue weighted by Gasteiger charge is 1.97. The van der Waals surface area contributed by atoms with Crippen LogP contribution >= 0.6 is 11.1 Å². The Hall–Kier alpha value is -0.273. The minimum atomic E-state index is -0.486. The maximum absolute atomic E-state index is 5.91. The molecule has 0 heterocycles. The van der Waals surface area contributed by atoms with Crippen molar-refractivity contribution in [1.29, 1.82) is 0 Å². The van der Waals surface area contributed by atoms with Crippen molar-refractivity contribution in [2.24, 2.45) is 0 Å². The topological polar surface area (TPSA) is 0 Å². The molecule has 0 fully saturated rings. The zero-order chi connectivity index (χ0) is 8.10. The van der Waals surface area contributed by atoms with Gasteiger partial charge in [0.25, 0.3) is 0 Å². The van der Waals surface area contributed by atoms with E-state index in [2.05, 4.69) is 31.2 Å². The van der Waals surface area contributed by atoms with Crippen LogP contribution < -0.4 is 5.19 Å². The fraction of sp³-hybridized carbons (Fsp3) is 0.333. The van der Waals surface area contributed by atoms with E-state index < -0.39 is 8.83 Å². The molecule has 1 aromatic rings. The van der Waals surface area contributed by atoms with Crippen LogP contribution in [0.5, 0.6) is 0 Å². The molecule has 11 heavy (non-hydrogen) atoms. The average molecular weight is 185 g/mol. The molecule has 0 nitrogen and oxygen atoms in total. The lowest BCUT2D eigenvalue weighted by molar-refractivity contribution is 0.927. The van der Waals surface area contributed by atoms with Gasteiger partial charge in [0.2, 0.25) is 0 Å². The van der Waals surface area contributed by atoms with Gasteiger partial charge in [-0.1, -0.05) is 37.6 Å². The second-order valence-electron chi connectivity index (χ2n) is 2.65. The Morgan fingerprint density at radius 2 is 2.09 bits per heavy atom. The molecule has 0 saturated heterocycles. The third-order valence-electron chi connectivity index (χ3n) is 1.78. The predicted octanol–water partition coefficient (Wildman–Crippen LogP) is 1.59. The zero-order valence-electron chi connectivity index (χ0n) is 6.81. The van der Waals surface area contributed by atoms with Crippen LogP contribution in [0.4, 0.5) is 0 Å². The summed E-state index contributed by atoms with van der Waals surface area (Å²) in [6, 6.07) is 8.51. The highest BCUT2D eigenvalue weighted by Crippen LogP contribution is 1.99. The third-order valence-corrected chi connectivity index (χ3v) is 3.62. The molecular formula is C9H13ClSi. The van der Waals surface area contributed by atoms with Crippen molar-refractivity contribution in [2.75, 3.05) is 0 Å². The van der Waals surface area contributed by atoms with Gasteiger partial charge >= 0.3 is 0 Å². The Bertz CT molecular complexity index is 223. The van der Waals surface area contributed by atoms with Crippen molar-refractivity contribution < 1.29 is 0 Å². The fourth-order valence-corrected chi connectivity index (χ4v) is 2.67. The molecule has 1 aromatic carbocycles. The molecule has 0 aliphatic carbocycles. The van der Waals surface area contributed by atoms with Crippen LogP contribution in [-0.4, -0.2) is 8.83 Å². The van der Waals surface area contributed by atoms with Crippen LogP contribution in [0, 0.1) is 0 Å². The number of hydrogen-bond acceptors (Lipinski definition) is 0. The third kappa shape index (κ3) is 2.35. The molecule has 2 heteroatoms. The molecule has 0 unspecified atom stereocenters. The second kappa shape index (κ2) is 4.57. The molecule has 0 spiro atoms. The van der Waals surface area contributed by atoms with Crippen LogP contribution in [0.15, 0.2) is 24.3 Å². The van der Waals surface area contributed by atoms with Gasteiger partial charge in [-0.05, 0) is 17.2 Å². The van der Waals surface area contributed by atoms with Crippen LogP contribution in [0.2, 0.25) is 0 Å². The number of halogens is 1. The number of benzene rings is 1. The zero-order valence-corrected chi connectivity index (χ0v) is 8.98. The van der Waals surface area contributed by atoms with Crippen LogP contribution in [0.3, 0.4) is 0 Å². The molecule has 0 amide bonds. The molecule has 0 radical (unpaired) electrons. The standard InChI is InChI=1S/C9H13ClSi/c1-2-5-8-6-3-4-7-9(8)11-10/h3-4,6-7H,2,5,11H2,1H3. The number of aryl methyl sites for hydroxylation is 1. The van der Waals surface area contributed by atoms with E-state index >= 15 is 0 Å². The van der Waals surface area contributed by atoms with E-state index in [-0.39, 0.29) is 0 Å². The van der Waals surface area contributed by atoms with Gasteiger partial charge in [0.05, 0.1) is 0 Å². The smallest absolute Gasteiger partial charge is 0.156 e. The molecule has 0 atom stereocenters. The molecule has 0 aliphatic rings. The predicted molar refractivity (Wildman–Crippen MR) is 54.5 cm³/mol. The van der Waals surface area contributed by atoms with Gasteiger partial charge in [-0.3, -0.25) is 0 Å². The minimum Gasteiger partial charge on any atom is -0.170 e. The summed E-state index contributed by atoms with van der Waals surface area (Å²) in [6.45, 7) is 2.20. The molecule has 0 bridgehead atoms. The van der Waals surface area contributed by atoms with Crippen molar-refractivity contribution in [3.05, 3.63) is 29.8 Å². The Morgan fingerprint density at radius 1 is 1.36 bits per heavy atom. The van der Waals surface area contributed by atoms with E-state index in [1.165, 1.54) is 23.6 Å². The molecule has 0 aromatic heterocycles. The molecule has 0 saturated carbocycles. The molecule has 60 valence electrons. The van der Waals surface area contributed by atoms with Gasteiger partial charge in [0, 0.05) is 0 Å². The van der Waals surface area contributed by atoms with Crippen molar-refractivity contribution >= 4 is 25.1 Å². The minimum absolute atomic E-state index is 0.486. The normalized spacial score (nSPS) is 11.1. The Kier molecular flexibility index (Phi) is 3.67. The van der Waals surface area contributed by atoms with E-state index in [0.717, 1.165) is 0 Å². The monoisotopic (exact) mass is 184 g/mol. The molecular weight excluding hydrogens is 172 g/mol. The summed E-state index contributed by atoms with van der Waals surface area (Å²) in [4.78, 5) is 0. The van der Waals surface area contributed by atoms with Crippen molar-refractivity contribution in [3.63, 3.8) is 0 Å². The van der Waals surface area contributed by atoms with E-state index in [4.69, 9.17) is 11.1 Å². The lowest BCUT2D eigenvalue weighted by Gasteiger charge is -2.03. The largest absolute Gasteiger partial charge is 0.170 e. The summed E-state index contributed by atoms with van der Waals surface area (Å²) in [7, 11) is -0.486. The first-order valence-corrected chi connectivity index (χ1v) is 6.85. The summed E-state index contributed by atoms with van der Waals surface area (Å²) in [5.41, 5.74) is 1.46. The van der Waals surface area contributed by atoms with E-state index in [9.17, 15) is 0 Å². The van der Waals surface area contributed by atoms with Crippen molar-refractivity contribution in [3.8, 4) is 0 Å². The van der Waals surface area contributed by atoms with Crippen LogP contribution in [0.1, 0.15) is 18.9 Å². The molecule has 1 rings (SSSR count). The highest BCUT2D eigenvalue weighted by atomic mass is 35.6. The number of rotatable bonds is 3. The summed E-state index contributed by atoms with van der Waals surface area (Å²) in [6.07, 6.45) is 2.39. The summed E-state index contributed by atoms with van der Waals surface area (Å²) < 4.78 is 0. The summed E-state index contributed by atoms with van der Waals surface area (Å²) in [5.74, 6) is 0. The van der Waals surface area contributed by atoms with Gasteiger partial charge in [0.15, 0.2) is 8.83 Å². The van der Waals surface area contributed by atoms with Crippen molar-refractivity contribution in [1.82, 2.24) is 0 Å². The van der Waals surface area contributed by atoms with Crippen LogP contribution in [0.25, 0.3) is 0 Å².